The van der Waals surface area contributed by atoms with Gasteiger partial charge in [-0.15, -0.1) is 0 Å². The van der Waals surface area contributed by atoms with E-state index >= 15 is 0 Å². The van der Waals surface area contributed by atoms with Gasteiger partial charge in [0.05, 0.1) is 11.4 Å². The van der Waals surface area contributed by atoms with Crippen LogP contribution in [0.2, 0.25) is 0 Å². The minimum absolute atomic E-state index is 0.815. The molecule has 0 saturated heterocycles. The predicted octanol–water partition coefficient (Wildman–Crippen LogP) is 5.81. The maximum atomic E-state index is 4.22. The molecule has 0 spiro atoms. The lowest BCUT2D eigenvalue weighted by atomic mass is 10.1. The first-order valence-corrected chi connectivity index (χ1v) is 7.45. The molecule has 0 N–H and O–H groups in total. The van der Waals surface area contributed by atoms with Crippen LogP contribution in [-0.4, -0.2) is 0 Å². The molecule has 110 valence electrons. The Bertz CT molecular complexity index is 850. The van der Waals surface area contributed by atoms with Crippen molar-refractivity contribution in [1.82, 2.24) is 0 Å². The highest BCUT2D eigenvalue weighted by Crippen LogP contribution is 2.18. The van der Waals surface area contributed by atoms with Crippen LogP contribution < -0.4 is 0 Å². The summed E-state index contributed by atoms with van der Waals surface area (Å²) in [6, 6.07) is 25.6. The van der Waals surface area contributed by atoms with Gasteiger partial charge in [0.2, 0.25) is 0 Å². The van der Waals surface area contributed by atoms with Crippen molar-refractivity contribution in [2.75, 3.05) is 0 Å². The molecule has 0 aromatic heterocycles. The number of nitrogens with zero attached hydrogens (tertiary/aromatic N) is 2. The third-order valence-electron chi connectivity index (χ3n) is 3.31. The first kappa shape index (κ1) is 14.7. The van der Waals surface area contributed by atoms with Crippen molar-refractivity contribution < 1.29 is 0 Å². The van der Waals surface area contributed by atoms with Crippen LogP contribution in [0.15, 0.2) is 89.1 Å². The molecule has 0 unspecified atom stereocenters. The van der Waals surface area contributed by atoms with Crippen molar-refractivity contribution in [3.63, 3.8) is 0 Å². The molecule has 3 aromatic carbocycles. The lowest BCUT2D eigenvalue weighted by Gasteiger charge is -1.94. The van der Waals surface area contributed by atoms with E-state index in [1.807, 2.05) is 66.7 Å². The number of benzene rings is 3. The first-order chi connectivity index (χ1) is 11.3. The lowest BCUT2D eigenvalue weighted by molar-refractivity contribution is 1.23. The Kier molecular flexibility index (Phi) is 4.61. The zero-order valence-electron chi connectivity index (χ0n) is 12.9. The molecule has 0 saturated carbocycles. The van der Waals surface area contributed by atoms with E-state index in [-0.39, 0.29) is 0 Å². The summed E-state index contributed by atoms with van der Waals surface area (Å²) < 4.78 is 0. The lowest BCUT2D eigenvalue weighted by Crippen LogP contribution is -1.76. The maximum absolute atomic E-state index is 4.22. The van der Waals surface area contributed by atoms with E-state index in [0.717, 1.165) is 22.5 Å². The Balaban J connectivity index is 1.70. The largest absolute Gasteiger partial charge is 0.151 e. The van der Waals surface area contributed by atoms with E-state index in [1.165, 1.54) is 5.56 Å². The van der Waals surface area contributed by atoms with Crippen LogP contribution in [-0.2, 0) is 0 Å². The second-order valence-electron chi connectivity index (χ2n) is 5.20. The van der Waals surface area contributed by atoms with Gasteiger partial charge < -0.3 is 0 Å². The Labute approximate surface area is 136 Å². The van der Waals surface area contributed by atoms with Gasteiger partial charge in [0.1, 0.15) is 0 Å². The van der Waals surface area contributed by atoms with E-state index in [4.69, 9.17) is 0 Å². The third kappa shape index (κ3) is 4.39. The fourth-order valence-electron chi connectivity index (χ4n) is 2.00. The summed E-state index contributed by atoms with van der Waals surface area (Å²) >= 11 is 0. The number of azo groups is 1. The molecule has 0 aliphatic carbocycles. The Morgan fingerprint density at radius 1 is 0.565 bits per heavy atom. The quantitative estimate of drug-likeness (QED) is 0.421. The summed E-state index contributed by atoms with van der Waals surface area (Å²) in [6.45, 7) is 2.07. The average molecular weight is 296 g/mol. The molecule has 0 atom stereocenters. The van der Waals surface area contributed by atoms with Crippen molar-refractivity contribution >= 4 is 11.4 Å². The van der Waals surface area contributed by atoms with Gasteiger partial charge in [-0.2, -0.15) is 10.2 Å². The van der Waals surface area contributed by atoms with Gasteiger partial charge in [0.15, 0.2) is 0 Å². The minimum Gasteiger partial charge on any atom is -0.151 e. The monoisotopic (exact) mass is 296 g/mol. The van der Waals surface area contributed by atoms with Crippen LogP contribution in [0, 0.1) is 18.8 Å². The van der Waals surface area contributed by atoms with Gasteiger partial charge in [0, 0.05) is 11.1 Å². The zero-order chi connectivity index (χ0) is 15.9. The number of rotatable bonds is 2. The molecule has 0 aliphatic rings. The van der Waals surface area contributed by atoms with E-state index in [0.29, 0.717) is 0 Å². The SMILES string of the molecule is Cc1ccc(C#Cc2ccc(N=Nc3ccccc3)cc2)cc1. The highest BCUT2D eigenvalue weighted by molar-refractivity contribution is 5.48. The predicted molar refractivity (Wildman–Crippen MR) is 94.2 cm³/mol. The highest BCUT2D eigenvalue weighted by Gasteiger charge is 1.92. The van der Waals surface area contributed by atoms with Crippen LogP contribution in [0.3, 0.4) is 0 Å². The molecular formula is C21H16N2. The molecule has 0 aliphatic heterocycles. The average Bonchev–Trinajstić information content (AvgIpc) is 2.61. The van der Waals surface area contributed by atoms with E-state index in [9.17, 15) is 0 Å². The van der Waals surface area contributed by atoms with E-state index in [2.05, 4.69) is 41.1 Å². The molecule has 2 heteroatoms. The van der Waals surface area contributed by atoms with Crippen molar-refractivity contribution in [1.29, 1.82) is 0 Å². The smallest absolute Gasteiger partial charge is 0.0857 e. The molecule has 0 amide bonds. The Hall–Kier alpha value is -3.18. The number of hydrogen-bond donors (Lipinski definition) is 0. The van der Waals surface area contributed by atoms with Gasteiger partial charge in [-0.25, -0.2) is 0 Å². The third-order valence-corrected chi connectivity index (χ3v) is 3.31. The maximum Gasteiger partial charge on any atom is 0.0857 e. The molecule has 2 nitrogen and oxygen atoms in total. The number of aryl methyl sites for hydroxylation is 1. The second-order valence-corrected chi connectivity index (χ2v) is 5.20. The summed E-state index contributed by atoms with van der Waals surface area (Å²) in [4.78, 5) is 0. The van der Waals surface area contributed by atoms with Crippen molar-refractivity contribution in [3.8, 4) is 11.8 Å². The molecule has 0 heterocycles. The summed E-state index contributed by atoms with van der Waals surface area (Å²) in [7, 11) is 0. The van der Waals surface area contributed by atoms with E-state index in [1.54, 1.807) is 0 Å². The van der Waals surface area contributed by atoms with Crippen LogP contribution in [0.1, 0.15) is 16.7 Å². The fourth-order valence-corrected chi connectivity index (χ4v) is 2.00. The van der Waals surface area contributed by atoms with Crippen LogP contribution in [0.5, 0.6) is 0 Å². The van der Waals surface area contributed by atoms with E-state index < -0.39 is 0 Å². The van der Waals surface area contributed by atoms with Crippen molar-refractivity contribution in [2.24, 2.45) is 10.2 Å². The molecule has 0 radical (unpaired) electrons. The van der Waals surface area contributed by atoms with Crippen LogP contribution >= 0.6 is 0 Å². The molecule has 0 fully saturated rings. The summed E-state index contributed by atoms with van der Waals surface area (Å²) in [5.74, 6) is 6.32. The van der Waals surface area contributed by atoms with Gasteiger partial charge >= 0.3 is 0 Å². The summed E-state index contributed by atoms with van der Waals surface area (Å²) in [6.07, 6.45) is 0. The van der Waals surface area contributed by atoms with Crippen LogP contribution in [0.25, 0.3) is 0 Å². The van der Waals surface area contributed by atoms with Gasteiger partial charge in [-0.3, -0.25) is 0 Å². The topological polar surface area (TPSA) is 24.7 Å². The molecule has 3 rings (SSSR count). The molecule has 0 bridgehead atoms. The summed E-state index contributed by atoms with van der Waals surface area (Å²) in [5.41, 5.74) is 4.88. The number of hydrogen-bond acceptors (Lipinski definition) is 2. The van der Waals surface area contributed by atoms with Crippen LogP contribution in [0.4, 0.5) is 11.4 Å². The first-order valence-electron chi connectivity index (χ1n) is 7.45. The molecule has 3 aromatic rings. The second kappa shape index (κ2) is 7.20. The fraction of sp³-hybridized carbons (Fsp3) is 0.0476. The standard InChI is InChI=1S/C21H16N2/c1-17-7-9-18(10-8-17)11-12-19-13-15-21(16-14-19)23-22-20-5-3-2-4-6-20/h2-10,13-16H,1H3. The van der Waals surface area contributed by atoms with Gasteiger partial charge in [0.25, 0.3) is 0 Å². The van der Waals surface area contributed by atoms with Gasteiger partial charge in [-0.1, -0.05) is 47.7 Å². The highest BCUT2D eigenvalue weighted by atomic mass is 15.1. The summed E-state index contributed by atoms with van der Waals surface area (Å²) in [5, 5.41) is 8.42. The Morgan fingerprint density at radius 2 is 1.04 bits per heavy atom. The Morgan fingerprint density at radius 3 is 1.61 bits per heavy atom. The minimum atomic E-state index is 0.815. The van der Waals surface area contributed by atoms with Crippen molar-refractivity contribution in [3.05, 3.63) is 95.6 Å². The van der Waals surface area contributed by atoms with Gasteiger partial charge in [-0.05, 0) is 55.5 Å². The zero-order valence-corrected chi connectivity index (χ0v) is 12.9. The molecular weight excluding hydrogens is 280 g/mol. The normalized spacial score (nSPS) is 10.3. The van der Waals surface area contributed by atoms with Crippen molar-refractivity contribution in [2.45, 2.75) is 6.92 Å². The molecule has 23 heavy (non-hydrogen) atoms.